The minimum Gasteiger partial charge on any atom is -0.756 e. The number of nitrogens with one attached hydrogen (secondary N) is 1. The predicted octanol–water partition coefficient (Wildman–Crippen LogP) is 26.3. The molecular formula is C83H161N2O6P. The molecule has 8 nitrogen and oxygen atoms in total. The zero-order valence-electron chi connectivity index (χ0n) is 62.5. The van der Waals surface area contributed by atoms with Crippen LogP contribution in [0.1, 0.15) is 425 Å². The Kier molecular flexibility index (Phi) is 72.5. The molecule has 0 aliphatic rings. The van der Waals surface area contributed by atoms with E-state index >= 15 is 0 Å². The number of hydrogen-bond donors (Lipinski definition) is 2. The van der Waals surface area contributed by atoms with Gasteiger partial charge >= 0.3 is 0 Å². The third kappa shape index (κ3) is 75.8. The van der Waals surface area contributed by atoms with E-state index in [2.05, 4.69) is 55.6 Å². The standard InChI is InChI=1S/C83H161N2O6P/c1-6-8-10-12-14-16-18-20-22-24-26-28-30-32-34-36-37-38-39-40-41-42-43-44-45-46-47-49-51-53-55-57-59-61-63-65-67-69-71-73-75-77-83(87)84-81(80-91-92(88,89)90-79-78-85(3,4)5)82(86)76-74-72-70-68-66-64-62-60-58-56-54-52-50-48-35-33-31-29-27-25-23-21-19-17-15-13-11-9-7-2/h18,20,24,26,30,32,74,76,81-82,86H,6-17,19,21-23,25,27-29,31,33-73,75,77-80H2,1-5H3,(H-,84,87,88,89)/b20-18-,26-24-,32-30-,76-74+. The van der Waals surface area contributed by atoms with Crippen LogP contribution in [-0.4, -0.2) is 68.5 Å². The number of rotatable bonds is 77. The highest BCUT2D eigenvalue weighted by molar-refractivity contribution is 7.45. The van der Waals surface area contributed by atoms with Crippen LogP contribution in [0.25, 0.3) is 0 Å². The zero-order valence-corrected chi connectivity index (χ0v) is 63.4. The van der Waals surface area contributed by atoms with Gasteiger partial charge in [-0.15, -0.1) is 0 Å². The average molecular weight is 1310 g/mol. The van der Waals surface area contributed by atoms with E-state index in [1.165, 1.54) is 353 Å². The van der Waals surface area contributed by atoms with Gasteiger partial charge < -0.3 is 28.8 Å². The van der Waals surface area contributed by atoms with Gasteiger partial charge in [-0.1, -0.05) is 409 Å². The van der Waals surface area contributed by atoms with E-state index in [1.54, 1.807) is 6.08 Å². The first-order valence-electron chi connectivity index (χ1n) is 41.0. The van der Waals surface area contributed by atoms with Crippen molar-refractivity contribution in [1.82, 2.24) is 5.32 Å². The van der Waals surface area contributed by atoms with Crippen molar-refractivity contribution in [1.29, 1.82) is 0 Å². The second kappa shape index (κ2) is 73.7. The number of carbonyl (C=O) groups is 1. The van der Waals surface area contributed by atoms with Crippen molar-refractivity contribution in [2.24, 2.45) is 0 Å². The largest absolute Gasteiger partial charge is 0.756 e. The fourth-order valence-corrected chi connectivity index (χ4v) is 13.4. The van der Waals surface area contributed by atoms with Gasteiger partial charge in [0.1, 0.15) is 13.2 Å². The third-order valence-corrected chi connectivity index (χ3v) is 20.0. The summed E-state index contributed by atoms with van der Waals surface area (Å²) in [5.41, 5.74) is 0. The van der Waals surface area contributed by atoms with Gasteiger partial charge in [-0.2, -0.15) is 0 Å². The molecule has 2 N–H and O–H groups in total. The van der Waals surface area contributed by atoms with E-state index in [0.717, 1.165) is 51.4 Å². The maximum absolute atomic E-state index is 13.1. The number of nitrogens with zero attached hydrogens (tertiary/aromatic N) is 1. The number of carbonyl (C=O) groups excluding carboxylic acids is 1. The van der Waals surface area contributed by atoms with E-state index < -0.39 is 20.0 Å². The molecule has 0 aliphatic carbocycles. The molecule has 9 heteroatoms. The number of aliphatic hydroxyl groups excluding tert-OH is 1. The van der Waals surface area contributed by atoms with E-state index in [0.29, 0.717) is 17.4 Å². The molecule has 0 saturated carbocycles. The summed E-state index contributed by atoms with van der Waals surface area (Å²) in [5, 5.41) is 14.0. The number of amides is 1. The van der Waals surface area contributed by atoms with Crippen molar-refractivity contribution in [2.75, 3.05) is 40.9 Å². The molecule has 3 unspecified atom stereocenters. The normalized spacial score (nSPS) is 13.7. The van der Waals surface area contributed by atoms with Crippen LogP contribution in [0.5, 0.6) is 0 Å². The number of aliphatic hydroxyl groups is 1. The molecule has 0 saturated heterocycles. The summed E-state index contributed by atoms with van der Waals surface area (Å²) in [6.45, 7) is 4.70. The van der Waals surface area contributed by atoms with Crippen molar-refractivity contribution in [2.45, 2.75) is 437 Å². The molecule has 0 heterocycles. The molecule has 0 bridgehead atoms. The van der Waals surface area contributed by atoms with Crippen LogP contribution >= 0.6 is 7.82 Å². The van der Waals surface area contributed by atoms with Crippen molar-refractivity contribution in [3.63, 3.8) is 0 Å². The fraction of sp³-hybridized carbons (Fsp3) is 0.892. The van der Waals surface area contributed by atoms with Crippen LogP contribution in [-0.2, 0) is 18.4 Å². The first kappa shape index (κ1) is 90.5. The van der Waals surface area contributed by atoms with Crippen molar-refractivity contribution in [3.8, 4) is 0 Å². The lowest BCUT2D eigenvalue weighted by atomic mass is 10.0. The molecule has 0 aromatic heterocycles. The van der Waals surface area contributed by atoms with Crippen LogP contribution in [0.3, 0.4) is 0 Å². The molecule has 0 aromatic carbocycles. The number of phosphoric acid groups is 1. The summed E-state index contributed by atoms with van der Waals surface area (Å²) in [6, 6.07) is -0.887. The van der Waals surface area contributed by atoms with Crippen LogP contribution in [0.15, 0.2) is 48.6 Å². The summed E-state index contributed by atoms with van der Waals surface area (Å²) >= 11 is 0. The Morgan fingerprint density at radius 3 is 0.913 bits per heavy atom. The zero-order chi connectivity index (χ0) is 66.9. The molecule has 0 radical (unpaired) electrons. The van der Waals surface area contributed by atoms with Crippen LogP contribution in [0.4, 0.5) is 0 Å². The van der Waals surface area contributed by atoms with Gasteiger partial charge in [-0.25, -0.2) is 0 Å². The Balaban J connectivity index is 3.91. The van der Waals surface area contributed by atoms with Crippen LogP contribution in [0, 0.1) is 0 Å². The summed E-state index contributed by atoms with van der Waals surface area (Å²) < 4.78 is 23.5. The third-order valence-electron chi connectivity index (χ3n) is 19.0. The van der Waals surface area contributed by atoms with Crippen LogP contribution < -0.4 is 10.2 Å². The molecule has 0 aromatic rings. The smallest absolute Gasteiger partial charge is 0.268 e. The molecule has 0 rings (SSSR count). The summed E-state index contributed by atoms with van der Waals surface area (Å²) in [4.78, 5) is 25.7. The van der Waals surface area contributed by atoms with E-state index in [9.17, 15) is 19.4 Å². The Bertz CT molecular complexity index is 1640. The highest BCUT2D eigenvalue weighted by Gasteiger charge is 2.23. The fourth-order valence-electron chi connectivity index (χ4n) is 12.7. The minimum atomic E-state index is -4.61. The lowest BCUT2D eigenvalue weighted by Crippen LogP contribution is -2.45. The summed E-state index contributed by atoms with van der Waals surface area (Å²) in [5.74, 6) is -0.188. The van der Waals surface area contributed by atoms with Gasteiger partial charge in [0.15, 0.2) is 0 Å². The van der Waals surface area contributed by atoms with E-state index in [1.807, 2.05) is 27.2 Å². The van der Waals surface area contributed by atoms with Gasteiger partial charge in [0.25, 0.3) is 7.82 Å². The molecule has 92 heavy (non-hydrogen) atoms. The number of unbranched alkanes of at least 4 members (excludes halogenated alkanes) is 58. The van der Waals surface area contributed by atoms with Gasteiger partial charge in [0.05, 0.1) is 39.9 Å². The average Bonchev–Trinajstić information content (AvgIpc) is 2.63. The van der Waals surface area contributed by atoms with Gasteiger partial charge in [-0.3, -0.25) is 9.36 Å². The molecule has 1 amide bonds. The number of phosphoric ester groups is 1. The number of allylic oxidation sites excluding steroid dienone is 7. The Hall–Kier alpha value is -1.54. The predicted molar refractivity (Wildman–Crippen MR) is 404 cm³/mol. The lowest BCUT2D eigenvalue weighted by molar-refractivity contribution is -0.870. The van der Waals surface area contributed by atoms with E-state index in [4.69, 9.17) is 9.05 Å². The van der Waals surface area contributed by atoms with Crippen molar-refractivity contribution < 1.29 is 32.9 Å². The molecule has 0 aliphatic heterocycles. The monoisotopic (exact) mass is 1310 g/mol. The van der Waals surface area contributed by atoms with Gasteiger partial charge in [-0.05, 0) is 57.8 Å². The first-order valence-corrected chi connectivity index (χ1v) is 42.5. The Morgan fingerprint density at radius 1 is 0.380 bits per heavy atom. The summed E-state index contributed by atoms with van der Waals surface area (Å²) in [6.07, 6.45) is 101. The number of hydrogen-bond acceptors (Lipinski definition) is 6. The Morgan fingerprint density at radius 2 is 0.630 bits per heavy atom. The van der Waals surface area contributed by atoms with E-state index in [-0.39, 0.29) is 19.1 Å². The Labute approximate surface area is 575 Å². The second-order valence-corrected chi connectivity index (χ2v) is 30.9. The first-order chi connectivity index (χ1) is 45.0. The molecule has 0 fully saturated rings. The van der Waals surface area contributed by atoms with Crippen LogP contribution in [0.2, 0.25) is 0 Å². The lowest BCUT2D eigenvalue weighted by Gasteiger charge is -2.29. The quantitative estimate of drug-likeness (QED) is 0.0272. The minimum absolute atomic E-state index is 0.00134. The second-order valence-electron chi connectivity index (χ2n) is 29.5. The molecule has 544 valence electrons. The highest BCUT2D eigenvalue weighted by Crippen LogP contribution is 2.38. The maximum Gasteiger partial charge on any atom is 0.268 e. The van der Waals surface area contributed by atoms with Gasteiger partial charge in [0, 0.05) is 6.42 Å². The topological polar surface area (TPSA) is 108 Å². The number of quaternary nitrogens is 1. The van der Waals surface area contributed by atoms with Gasteiger partial charge in [0.2, 0.25) is 5.91 Å². The molecule has 0 spiro atoms. The van der Waals surface area contributed by atoms with Crippen molar-refractivity contribution >= 4 is 13.7 Å². The maximum atomic E-state index is 13.1. The highest BCUT2D eigenvalue weighted by atomic mass is 31.2. The SMILES string of the molecule is CCCCCCC/C=C\C/C=C\C/C=C\CCCCCCCCCCCCCCCCCCCCCCCCCCCCC(=O)NC(COP(=O)([O-])OCC[N+](C)(C)C)C(O)/C=C/CCCCCCCCCCCCCCCCCCCCCCCCCCCCC. The molecular weight excluding hydrogens is 1150 g/mol. The van der Waals surface area contributed by atoms with Crippen molar-refractivity contribution in [3.05, 3.63) is 48.6 Å². The molecule has 3 atom stereocenters. The number of likely N-dealkylation sites (N-methyl/N-ethyl adjacent to an activating group) is 1. The summed E-state index contributed by atoms with van der Waals surface area (Å²) in [7, 11) is 1.28.